The number of hydrogen-bond donors (Lipinski definition) is 1. The van der Waals surface area contributed by atoms with Crippen molar-refractivity contribution in [2.24, 2.45) is 5.92 Å². The summed E-state index contributed by atoms with van der Waals surface area (Å²) in [5, 5.41) is 0. The summed E-state index contributed by atoms with van der Waals surface area (Å²) in [4.78, 5) is 14.0. The first-order valence-corrected chi connectivity index (χ1v) is 7.18. The second kappa shape index (κ2) is 7.70. The van der Waals surface area contributed by atoms with E-state index in [9.17, 15) is 4.79 Å². The van der Waals surface area contributed by atoms with Gasteiger partial charge < -0.3 is 31.5 Å². The quantitative estimate of drug-likeness (QED) is 0.655. The summed E-state index contributed by atoms with van der Waals surface area (Å²) in [5.41, 5.74) is 1.65. The van der Waals surface area contributed by atoms with Gasteiger partial charge in [0, 0.05) is 11.1 Å². The van der Waals surface area contributed by atoms with Crippen molar-refractivity contribution in [2.75, 3.05) is 42.0 Å². The average Bonchev–Trinajstić information content (AvgIpc) is 2.47. The van der Waals surface area contributed by atoms with Crippen LogP contribution in [0.15, 0.2) is 6.07 Å². The number of carbonyl (C=O) groups is 1. The van der Waals surface area contributed by atoms with Crippen molar-refractivity contribution >= 4 is 5.78 Å². The Balaban J connectivity index is 0.00000242. The van der Waals surface area contributed by atoms with Gasteiger partial charge in [-0.2, -0.15) is 0 Å². The maximum absolute atomic E-state index is 12.7. The first-order valence-electron chi connectivity index (χ1n) is 7.18. The molecule has 0 amide bonds. The first-order chi connectivity index (χ1) is 10.0. The first kappa shape index (κ1) is 18.6. The number of Topliss-reactive ketones (excluding diaryl/α,β-unsaturated/α-hetero) is 1. The molecule has 1 unspecified atom stereocenters. The number of fused-ring (bicyclic) bond motifs is 1. The van der Waals surface area contributed by atoms with Crippen molar-refractivity contribution in [3.8, 4) is 17.2 Å². The molecule has 0 bridgehead atoms. The molecule has 1 aliphatic rings. The van der Waals surface area contributed by atoms with Crippen molar-refractivity contribution in [3.05, 3.63) is 17.2 Å². The molecule has 0 aromatic heterocycles. The van der Waals surface area contributed by atoms with Crippen LogP contribution in [-0.2, 0) is 6.42 Å². The molecular weight excluding hydrogens is 306 g/mol. The van der Waals surface area contributed by atoms with Gasteiger partial charge in [0.05, 0.1) is 47.9 Å². The van der Waals surface area contributed by atoms with Gasteiger partial charge in [0.2, 0.25) is 5.75 Å². The maximum Gasteiger partial charge on any atom is 0.203 e. The second-order valence-electron chi connectivity index (χ2n) is 5.68. The zero-order chi connectivity index (χ0) is 15.6. The molecule has 0 spiro atoms. The van der Waals surface area contributed by atoms with E-state index in [0.29, 0.717) is 22.8 Å². The molecule has 22 heavy (non-hydrogen) atoms. The van der Waals surface area contributed by atoms with Gasteiger partial charge in [0.25, 0.3) is 0 Å². The van der Waals surface area contributed by atoms with Gasteiger partial charge in [-0.15, -0.1) is 0 Å². The van der Waals surface area contributed by atoms with E-state index in [1.807, 2.05) is 0 Å². The molecule has 0 heterocycles. The van der Waals surface area contributed by atoms with E-state index < -0.39 is 0 Å². The predicted molar refractivity (Wildman–Crippen MR) is 79.9 cm³/mol. The molecule has 0 saturated heterocycles. The Morgan fingerprint density at radius 3 is 2.27 bits per heavy atom. The van der Waals surface area contributed by atoms with Crippen LogP contribution in [0.4, 0.5) is 0 Å². The van der Waals surface area contributed by atoms with Crippen LogP contribution in [0.3, 0.4) is 0 Å². The fourth-order valence-corrected chi connectivity index (χ4v) is 3.04. The minimum atomic E-state index is 0. The van der Waals surface area contributed by atoms with Crippen LogP contribution in [0.25, 0.3) is 0 Å². The van der Waals surface area contributed by atoms with Crippen LogP contribution >= 0.6 is 0 Å². The van der Waals surface area contributed by atoms with E-state index in [1.165, 1.54) is 4.90 Å². The molecule has 0 aliphatic heterocycles. The molecule has 1 aromatic rings. The Morgan fingerprint density at radius 2 is 1.77 bits per heavy atom. The van der Waals surface area contributed by atoms with Crippen LogP contribution < -0.4 is 31.5 Å². The highest BCUT2D eigenvalue weighted by Gasteiger charge is 2.33. The lowest BCUT2D eigenvalue weighted by Gasteiger charge is -2.27. The monoisotopic (exact) mass is 329 g/mol. The average molecular weight is 330 g/mol. The van der Waals surface area contributed by atoms with E-state index in [1.54, 1.807) is 27.4 Å². The summed E-state index contributed by atoms with van der Waals surface area (Å²) in [6, 6.07) is 1.79. The molecular formula is C16H24ClNO4. The Labute approximate surface area is 137 Å². The smallest absolute Gasteiger partial charge is 0.203 e. The number of carbonyl (C=O) groups excluding carboxylic acids is 1. The van der Waals surface area contributed by atoms with Gasteiger partial charge in [0.1, 0.15) is 0 Å². The van der Waals surface area contributed by atoms with Crippen molar-refractivity contribution in [1.29, 1.82) is 0 Å². The van der Waals surface area contributed by atoms with Crippen LogP contribution in [0, 0.1) is 5.92 Å². The highest BCUT2D eigenvalue weighted by atomic mass is 35.5. The molecule has 1 aliphatic carbocycles. The van der Waals surface area contributed by atoms with Crippen LogP contribution in [0.2, 0.25) is 0 Å². The van der Waals surface area contributed by atoms with Crippen molar-refractivity contribution in [3.63, 3.8) is 0 Å². The van der Waals surface area contributed by atoms with E-state index >= 15 is 0 Å². The fraction of sp³-hybridized carbons (Fsp3) is 0.562. The Morgan fingerprint density at radius 1 is 1.14 bits per heavy atom. The summed E-state index contributed by atoms with van der Waals surface area (Å²) in [6.07, 6.45) is 1.67. The van der Waals surface area contributed by atoms with Crippen LogP contribution in [0.1, 0.15) is 22.3 Å². The third-order valence-corrected chi connectivity index (χ3v) is 3.97. The highest BCUT2D eigenvalue weighted by molar-refractivity contribution is 6.01. The van der Waals surface area contributed by atoms with Gasteiger partial charge >= 0.3 is 0 Å². The molecule has 0 fully saturated rings. The van der Waals surface area contributed by atoms with Crippen LogP contribution in [0.5, 0.6) is 17.2 Å². The van der Waals surface area contributed by atoms with Gasteiger partial charge in [0.15, 0.2) is 17.3 Å². The van der Waals surface area contributed by atoms with E-state index in [-0.39, 0.29) is 24.1 Å². The Kier molecular flexibility index (Phi) is 6.50. The highest BCUT2D eigenvalue weighted by Crippen LogP contribution is 2.44. The van der Waals surface area contributed by atoms with E-state index in [4.69, 9.17) is 14.2 Å². The largest absolute Gasteiger partial charge is 1.00 e. The summed E-state index contributed by atoms with van der Waals surface area (Å²) in [7, 11) is 8.88. The zero-order valence-corrected chi connectivity index (χ0v) is 14.5. The lowest BCUT2D eigenvalue weighted by Crippen LogP contribution is -3.06. The Bertz CT molecular complexity index is 545. The van der Waals surface area contributed by atoms with E-state index in [0.717, 1.165) is 24.9 Å². The lowest BCUT2D eigenvalue weighted by atomic mass is 9.81. The normalized spacial score (nSPS) is 16.8. The number of ketones is 1. The second-order valence-corrected chi connectivity index (χ2v) is 5.68. The molecule has 6 heteroatoms. The number of hydrogen-bond acceptors (Lipinski definition) is 4. The van der Waals surface area contributed by atoms with Gasteiger partial charge in [-0.05, 0) is 18.9 Å². The number of halogens is 1. The third kappa shape index (κ3) is 3.31. The minimum absolute atomic E-state index is 0. The number of rotatable bonds is 5. The molecule has 1 aromatic carbocycles. The number of quaternary nitrogens is 1. The van der Waals surface area contributed by atoms with Crippen molar-refractivity contribution in [1.82, 2.24) is 0 Å². The number of ether oxygens (including phenoxy) is 3. The van der Waals surface area contributed by atoms with Crippen molar-refractivity contribution in [2.45, 2.75) is 12.8 Å². The SMILES string of the molecule is COc1cc2c(c(OC)c1OC)CCC(C[NH+](C)C)C2=O.[Cl-]. The zero-order valence-electron chi connectivity index (χ0n) is 13.8. The predicted octanol–water partition coefficient (Wildman–Crippen LogP) is -2.39. The summed E-state index contributed by atoms with van der Waals surface area (Å²) < 4.78 is 16.2. The molecule has 2 rings (SSSR count). The van der Waals surface area contributed by atoms with Crippen molar-refractivity contribution < 1.29 is 36.3 Å². The lowest BCUT2D eigenvalue weighted by molar-refractivity contribution is -0.860. The third-order valence-electron chi connectivity index (χ3n) is 3.97. The molecule has 1 N–H and O–H groups in total. The number of benzene rings is 1. The standard InChI is InChI=1S/C16H23NO4.ClH/c1-17(2)9-10-6-7-11-12(14(10)18)8-13(19-3)16(21-5)15(11)20-4;/h8,10H,6-7,9H2,1-5H3;1H. The summed E-state index contributed by atoms with van der Waals surface area (Å²) in [6.45, 7) is 0.842. The van der Waals surface area contributed by atoms with E-state index in [2.05, 4.69) is 14.1 Å². The number of methoxy groups -OCH3 is 3. The number of nitrogens with one attached hydrogen (secondary N) is 1. The van der Waals surface area contributed by atoms with Crippen LogP contribution in [-0.4, -0.2) is 47.8 Å². The molecule has 5 nitrogen and oxygen atoms in total. The molecule has 0 saturated carbocycles. The van der Waals surface area contributed by atoms with Gasteiger partial charge in [-0.1, -0.05) is 0 Å². The molecule has 0 radical (unpaired) electrons. The minimum Gasteiger partial charge on any atom is -1.00 e. The summed E-state index contributed by atoms with van der Waals surface area (Å²) in [5.74, 6) is 1.96. The fourth-order valence-electron chi connectivity index (χ4n) is 3.04. The maximum atomic E-state index is 12.7. The van der Waals surface area contributed by atoms with Gasteiger partial charge in [-0.25, -0.2) is 0 Å². The topological polar surface area (TPSA) is 49.2 Å². The Hall–Kier alpha value is -1.46. The van der Waals surface area contributed by atoms with Gasteiger partial charge in [-0.3, -0.25) is 4.79 Å². The molecule has 124 valence electrons. The summed E-state index contributed by atoms with van der Waals surface area (Å²) >= 11 is 0. The molecule has 1 atom stereocenters.